The quantitative estimate of drug-likeness (QED) is 0.345. The van der Waals surface area contributed by atoms with Crippen molar-refractivity contribution in [2.75, 3.05) is 22.5 Å². The Bertz CT molecular complexity index is 1260. The van der Waals surface area contributed by atoms with E-state index >= 15 is 0 Å². The SMILES string of the molecule is CC(C)NC(=O)c1cccc(NCC(=O)Nc2cccc(C(=O)Nc3cccc(C(F)(F)F)c3)c2)c1. The van der Waals surface area contributed by atoms with Crippen molar-refractivity contribution < 1.29 is 27.6 Å². The smallest absolute Gasteiger partial charge is 0.376 e. The van der Waals surface area contributed by atoms with Crippen LogP contribution in [0.25, 0.3) is 0 Å². The first-order chi connectivity index (χ1) is 17.0. The number of carbonyl (C=O) groups excluding carboxylic acids is 3. The molecule has 3 rings (SSSR count). The largest absolute Gasteiger partial charge is 0.416 e. The fourth-order valence-electron chi connectivity index (χ4n) is 3.22. The Morgan fingerprint density at radius 2 is 1.31 bits per heavy atom. The van der Waals surface area contributed by atoms with E-state index < -0.39 is 23.6 Å². The van der Waals surface area contributed by atoms with Gasteiger partial charge in [-0.2, -0.15) is 13.2 Å². The summed E-state index contributed by atoms with van der Waals surface area (Å²) < 4.78 is 38.7. The van der Waals surface area contributed by atoms with E-state index in [0.29, 0.717) is 16.9 Å². The Kier molecular flexibility index (Phi) is 8.31. The topological polar surface area (TPSA) is 99.3 Å². The molecule has 0 bridgehead atoms. The van der Waals surface area contributed by atoms with Gasteiger partial charge in [-0.1, -0.05) is 18.2 Å². The fraction of sp³-hybridized carbons (Fsp3) is 0.192. The van der Waals surface area contributed by atoms with Crippen LogP contribution in [0.1, 0.15) is 40.1 Å². The first-order valence-electron chi connectivity index (χ1n) is 11.0. The number of hydrogen-bond acceptors (Lipinski definition) is 4. The van der Waals surface area contributed by atoms with Gasteiger partial charge in [0.05, 0.1) is 12.1 Å². The maximum atomic E-state index is 12.9. The highest BCUT2D eigenvalue weighted by molar-refractivity contribution is 6.05. The molecule has 0 unspecified atom stereocenters. The van der Waals surface area contributed by atoms with Gasteiger partial charge < -0.3 is 21.3 Å². The van der Waals surface area contributed by atoms with Gasteiger partial charge in [0.2, 0.25) is 5.91 Å². The van der Waals surface area contributed by atoms with Crippen LogP contribution in [0.3, 0.4) is 0 Å². The molecular formula is C26H25F3N4O3. The Hall–Kier alpha value is -4.34. The van der Waals surface area contributed by atoms with E-state index in [2.05, 4.69) is 21.3 Å². The Labute approximate surface area is 206 Å². The van der Waals surface area contributed by atoms with E-state index in [1.807, 2.05) is 13.8 Å². The Balaban J connectivity index is 1.59. The van der Waals surface area contributed by atoms with E-state index in [9.17, 15) is 27.6 Å². The molecule has 0 spiro atoms. The highest BCUT2D eigenvalue weighted by Gasteiger charge is 2.30. The number of halogens is 3. The van der Waals surface area contributed by atoms with Gasteiger partial charge in [-0.25, -0.2) is 0 Å². The predicted molar refractivity (Wildman–Crippen MR) is 132 cm³/mol. The molecular weight excluding hydrogens is 473 g/mol. The standard InChI is InChI=1S/C26H25F3N4O3/c1-16(2)31-24(35)17-6-3-9-20(12-17)30-15-23(34)32-21-10-4-7-18(13-21)25(36)33-22-11-5-8-19(14-22)26(27,28)29/h3-14,16,30H,15H2,1-2H3,(H,31,35)(H,32,34)(H,33,36). The third kappa shape index (κ3) is 7.59. The van der Waals surface area contributed by atoms with Gasteiger partial charge in [0.25, 0.3) is 11.8 Å². The van der Waals surface area contributed by atoms with Gasteiger partial charge in [0.1, 0.15) is 0 Å². The van der Waals surface area contributed by atoms with Crippen LogP contribution in [-0.2, 0) is 11.0 Å². The van der Waals surface area contributed by atoms with Crippen LogP contribution in [0.15, 0.2) is 72.8 Å². The summed E-state index contributed by atoms with van der Waals surface area (Å²) in [5.74, 6) is -1.25. The highest BCUT2D eigenvalue weighted by Crippen LogP contribution is 2.30. The molecule has 0 saturated heterocycles. The van der Waals surface area contributed by atoms with Crippen LogP contribution >= 0.6 is 0 Å². The second-order valence-electron chi connectivity index (χ2n) is 8.22. The molecule has 10 heteroatoms. The first-order valence-corrected chi connectivity index (χ1v) is 11.0. The van der Waals surface area contributed by atoms with Gasteiger partial charge in [-0.05, 0) is 68.4 Å². The number of benzene rings is 3. The molecule has 3 aromatic carbocycles. The van der Waals surface area contributed by atoms with Crippen LogP contribution in [0.4, 0.5) is 30.2 Å². The van der Waals surface area contributed by atoms with Crippen molar-refractivity contribution in [1.29, 1.82) is 0 Å². The molecule has 0 aromatic heterocycles. The lowest BCUT2D eigenvalue weighted by molar-refractivity contribution is -0.137. The fourth-order valence-corrected chi connectivity index (χ4v) is 3.22. The number of amides is 3. The molecule has 0 aliphatic rings. The molecule has 0 fully saturated rings. The summed E-state index contributed by atoms with van der Waals surface area (Å²) in [6.07, 6.45) is -4.53. The monoisotopic (exact) mass is 498 g/mol. The first kappa shape index (κ1) is 26.3. The van der Waals surface area contributed by atoms with Crippen molar-refractivity contribution in [3.63, 3.8) is 0 Å². The number of carbonyl (C=O) groups is 3. The number of rotatable bonds is 8. The maximum Gasteiger partial charge on any atom is 0.416 e. The van der Waals surface area contributed by atoms with Crippen molar-refractivity contribution >= 4 is 34.8 Å². The molecule has 0 saturated carbocycles. The molecule has 188 valence electrons. The molecule has 0 aliphatic carbocycles. The lowest BCUT2D eigenvalue weighted by Gasteiger charge is -2.12. The average molecular weight is 499 g/mol. The Morgan fingerprint density at radius 3 is 1.94 bits per heavy atom. The average Bonchev–Trinajstić information content (AvgIpc) is 2.82. The molecule has 0 atom stereocenters. The van der Waals surface area contributed by atoms with Crippen LogP contribution in [-0.4, -0.2) is 30.3 Å². The second-order valence-corrected chi connectivity index (χ2v) is 8.22. The summed E-state index contributed by atoms with van der Waals surface area (Å²) in [5, 5.41) is 10.8. The van der Waals surface area contributed by atoms with Crippen molar-refractivity contribution in [2.45, 2.75) is 26.1 Å². The molecule has 0 radical (unpaired) electrons. The summed E-state index contributed by atoms with van der Waals surface area (Å²) in [6.45, 7) is 3.61. The summed E-state index contributed by atoms with van der Waals surface area (Å²) in [5.41, 5.74) is 0.646. The van der Waals surface area contributed by atoms with Gasteiger partial charge in [-0.3, -0.25) is 14.4 Å². The second kappa shape index (κ2) is 11.4. The summed E-state index contributed by atoms with van der Waals surface area (Å²) in [6, 6.07) is 17.0. The lowest BCUT2D eigenvalue weighted by atomic mass is 10.1. The van der Waals surface area contributed by atoms with Gasteiger partial charge >= 0.3 is 6.18 Å². The molecule has 3 aromatic rings. The third-order valence-corrected chi connectivity index (χ3v) is 4.85. The zero-order chi connectivity index (χ0) is 26.3. The highest BCUT2D eigenvalue weighted by atomic mass is 19.4. The maximum absolute atomic E-state index is 12.9. The van der Waals surface area contributed by atoms with Gasteiger partial charge in [0, 0.05) is 34.2 Å². The van der Waals surface area contributed by atoms with Crippen LogP contribution in [0.2, 0.25) is 0 Å². The lowest BCUT2D eigenvalue weighted by Crippen LogP contribution is -2.30. The van der Waals surface area contributed by atoms with E-state index in [-0.39, 0.29) is 29.7 Å². The third-order valence-electron chi connectivity index (χ3n) is 4.85. The van der Waals surface area contributed by atoms with Crippen LogP contribution in [0, 0.1) is 0 Å². The van der Waals surface area contributed by atoms with Crippen LogP contribution < -0.4 is 21.3 Å². The number of hydrogen-bond donors (Lipinski definition) is 4. The normalized spacial score (nSPS) is 11.1. The van der Waals surface area contributed by atoms with Crippen molar-refractivity contribution in [2.24, 2.45) is 0 Å². The Morgan fingerprint density at radius 1 is 0.750 bits per heavy atom. The van der Waals surface area contributed by atoms with Crippen molar-refractivity contribution in [1.82, 2.24) is 5.32 Å². The molecule has 4 N–H and O–H groups in total. The summed E-state index contributed by atoms with van der Waals surface area (Å²) >= 11 is 0. The van der Waals surface area contributed by atoms with Gasteiger partial charge in [0.15, 0.2) is 0 Å². The summed E-state index contributed by atoms with van der Waals surface area (Å²) in [4.78, 5) is 37.1. The zero-order valence-corrected chi connectivity index (χ0v) is 19.6. The molecule has 36 heavy (non-hydrogen) atoms. The number of anilines is 3. The summed E-state index contributed by atoms with van der Waals surface area (Å²) in [7, 11) is 0. The van der Waals surface area contributed by atoms with E-state index in [1.165, 1.54) is 24.3 Å². The molecule has 0 aliphatic heterocycles. The molecule has 3 amide bonds. The minimum atomic E-state index is -4.53. The van der Waals surface area contributed by atoms with Crippen molar-refractivity contribution in [3.8, 4) is 0 Å². The van der Waals surface area contributed by atoms with Crippen LogP contribution in [0.5, 0.6) is 0 Å². The number of nitrogens with one attached hydrogen (secondary N) is 4. The minimum absolute atomic E-state index is 0.00206. The predicted octanol–water partition coefficient (Wildman–Crippen LogP) is 5.15. The minimum Gasteiger partial charge on any atom is -0.376 e. The van der Waals surface area contributed by atoms with E-state index in [1.54, 1.807) is 36.4 Å². The van der Waals surface area contributed by atoms with Gasteiger partial charge in [-0.15, -0.1) is 0 Å². The van der Waals surface area contributed by atoms with Crippen molar-refractivity contribution in [3.05, 3.63) is 89.5 Å². The molecule has 0 heterocycles. The molecule has 7 nitrogen and oxygen atoms in total. The zero-order valence-electron chi connectivity index (χ0n) is 19.6. The number of alkyl halides is 3. The van der Waals surface area contributed by atoms with E-state index in [4.69, 9.17) is 0 Å². The van der Waals surface area contributed by atoms with E-state index in [0.717, 1.165) is 12.1 Å².